The summed E-state index contributed by atoms with van der Waals surface area (Å²) in [6, 6.07) is -0.396. The van der Waals surface area contributed by atoms with Crippen LogP contribution in [-0.2, 0) is 4.79 Å². The van der Waals surface area contributed by atoms with Crippen LogP contribution in [0.25, 0.3) is 0 Å². The van der Waals surface area contributed by atoms with Gasteiger partial charge in [0, 0.05) is 12.6 Å². The molecule has 0 aromatic carbocycles. The van der Waals surface area contributed by atoms with Gasteiger partial charge in [-0.2, -0.15) is 0 Å². The Morgan fingerprint density at radius 1 is 1.67 bits per heavy atom. The minimum Gasteiger partial charge on any atom is -0.481 e. The summed E-state index contributed by atoms with van der Waals surface area (Å²) in [4.78, 5) is 9.83. The molecule has 9 heavy (non-hydrogen) atoms. The average molecular weight is 155 g/mol. The summed E-state index contributed by atoms with van der Waals surface area (Å²) in [7, 11) is 0. The normalized spacial score (nSPS) is 11.8. The molecule has 1 atom stereocenters. The van der Waals surface area contributed by atoms with Crippen LogP contribution in [0.3, 0.4) is 0 Å². The van der Waals surface area contributed by atoms with Crippen molar-refractivity contribution in [2.45, 2.75) is 12.5 Å². The zero-order valence-corrected chi connectivity index (χ0v) is 5.73. The molecule has 0 aliphatic carbocycles. The average Bonchev–Trinajstić information content (AvgIpc) is 1.65. The van der Waals surface area contributed by atoms with Crippen molar-refractivity contribution in [2.24, 2.45) is 11.5 Å². The summed E-state index contributed by atoms with van der Waals surface area (Å²) in [6.45, 7) is 0.228. The molecular weight excluding hydrogens is 144 g/mol. The van der Waals surface area contributed by atoms with E-state index in [0.29, 0.717) is 0 Å². The predicted octanol–water partition coefficient (Wildman–Crippen LogP) is -0.831. The minimum absolute atomic E-state index is 0. The SMILES string of the molecule is Cl.NC[C@@H](N)CC(=O)O. The standard InChI is InChI=1S/C4H10N2O2.ClH/c5-2-3(6)1-4(7)8;/h3H,1-2,5-6H2,(H,7,8);1H/t3-;/m0./s1. The molecule has 0 bridgehead atoms. The Bertz CT molecular complexity index is 88.6. The summed E-state index contributed by atoms with van der Waals surface area (Å²) in [5.41, 5.74) is 10.2. The summed E-state index contributed by atoms with van der Waals surface area (Å²) in [6.07, 6.45) is -0.0451. The molecule has 0 saturated carbocycles. The Labute approximate surface area is 59.6 Å². The first-order valence-electron chi connectivity index (χ1n) is 2.34. The summed E-state index contributed by atoms with van der Waals surface area (Å²) >= 11 is 0. The molecular formula is C4H11ClN2O2. The van der Waals surface area contributed by atoms with Crippen molar-refractivity contribution < 1.29 is 9.90 Å². The van der Waals surface area contributed by atoms with E-state index in [2.05, 4.69) is 0 Å². The molecule has 0 spiro atoms. The Morgan fingerprint density at radius 2 is 2.11 bits per heavy atom. The maximum Gasteiger partial charge on any atom is 0.304 e. The van der Waals surface area contributed by atoms with Gasteiger partial charge in [-0.25, -0.2) is 0 Å². The molecule has 0 saturated heterocycles. The highest BCUT2D eigenvalue weighted by molar-refractivity contribution is 5.85. The maximum atomic E-state index is 9.83. The van der Waals surface area contributed by atoms with E-state index < -0.39 is 12.0 Å². The van der Waals surface area contributed by atoms with Crippen LogP contribution in [0.15, 0.2) is 0 Å². The molecule has 0 radical (unpaired) electrons. The molecule has 0 aromatic heterocycles. The number of hydrogen-bond donors (Lipinski definition) is 3. The molecule has 4 nitrogen and oxygen atoms in total. The minimum atomic E-state index is -0.900. The van der Waals surface area contributed by atoms with E-state index in [9.17, 15) is 4.79 Å². The second-order valence-electron chi connectivity index (χ2n) is 1.59. The molecule has 0 rings (SSSR count). The molecule has 0 unspecified atom stereocenters. The van der Waals surface area contributed by atoms with Gasteiger partial charge in [0.25, 0.3) is 0 Å². The van der Waals surface area contributed by atoms with Crippen molar-refractivity contribution in [3.05, 3.63) is 0 Å². The lowest BCUT2D eigenvalue weighted by molar-refractivity contribution is -0.137. The van der Waals surface area contributed by atoms with E-state index in [1.165, 1.54) is 0 Å². The Kier molecular flexibility index (Phi) is 7.41. The van der Waals surface area contributed by atoms with Crippen LogP contribution < -0.4 is 11.5 Å². The van der Waals surface area contributed by atoms with Crippen LogP contribution in [0.2, 0.25) is 0 Å². The van der Waals surface area contributed by atoms with Crippen LogP contribution >= 0.6 is 12.4 Å². The summed E-state index contributed by atoms with van der Waals surface area (Å²) in [5.74, 6) is -0.900. The predicted molar refractivity (Wildman–Crippen MR) is 36.5 cm³/mol. The van der Waals surface area contributed by atoms with Gasteiger partial charge >= 0.3 is 5.97 Å². The maximum absolute atomic E-state index is 9.83. The Balaban J connectivity index is 0. The van der Waals surface area contributed by atoms with Gasteiger partial charge in [-0.1, -0.05) is 0 Å². The number of carboxylic acids is 1. The van der Waals surface area contributed by atoms with Crippen molar-refractivity contribution in [1.82, 2.24) is 0 Å². The van der Waals surface area contributed by atoms with Gasteiger partial charge in [0.1, 0.15) is 0 Å². The number of halogens is 1. The van der Waals surface area contributed by atoms with Crippen molar-refractivity contribution in [2.75, 3.05) is 6.54 Å². The van der Waals surface area contributed by atoms with E-state index in [4.69, 9.17) is 16.6 Å². The fourth-order valence-corrected chi connectivity index (χ4v) is 0.308. The molecule has 5 heteroatoms. The first-order chi connectivity index (χ1) is 3.66. The molecule has 56 valence electrons. The van der Waals surface area contributed by atoms with Crippen molar-refractivity contribution in [1.29, 1.82) is 0 Å². The monoisotopic (exact) mass is 154 g/mol. The Hall–Kier alpha value is -0.320. The van der Waals surface area contributed by atoms with E-state index in [1.807, 2.05) is 0 Å². The Morgan fingerprint density at radius 3 is 2.22 bits per heavy atom. The number of nitrogens with two attached hydrogens (primary N) is 2. The lowest BCUT2D eigenvalue weighted by atomic mass is 10.2. The highest BCUT2D eigenvalue weighted by atomic mass is 35.5. The number of carboxylic acid groups (broad SMARTS) is 1. The zero-order chi connectivity index (χ0) is 6.57. The van der Waals surface area contributed by atoms with Gasteiger partial charge < -0.3 is 16.6 Å². The molecule has 0 aliphatic rings. The second kappa shape index (κ2) is 5.81. The van der Waals surface area contributed by atoms with Gasteiger partial charge in [-0.05, 0) is 0 Å². The summed E-state index contributed by atoms with van der Waals surface area (Å²) < 4.78 is 0. The van der Waals surface area contributed by atoms with Gasteiger partial charge in [-0.15, -0.1) is 12.4 Å². The molecule has 0 fully saturated rings. The lowest BCUT2D eigenvalue weighted by Crippen LogP contribution is -2.31. The van der Waals surface area contributed by atoms with Crippen molar-refractivity contribution in [3.63, 3.8) is 0 Å². The number of carbonyl (C=O) groups is 1. The third kappa shape index (κ3) is 7.68. The van der Waals surface area contributed by atoms with Gasteiger partial charge in [0.2, 0.25) is 0 Å². The highest BCUT2D eigenvalue weighted by Crippen LogP contribution is 1.82. The fraction of sp³-hybridized carbons (Fsp3) is 0.750. The summed E-state index contributed by atoms with van der Waals surface area (Å²) in [5, 5.41) is 8.08. The van der Waals surface area contributed by atoms with Crippen molar-refractivity contribution in [3.8, 4) is 0 Å². The molecule has 5 N–H and O–H groups in total. The molecule has 0 aromatic rings. The first-order valence-corrected chi connectivity index (χ1v) is 2.34. The largest absolute Gasteiger partial charge is 0.481 e. The fourth-order valence-electron chi connectivity index (χ4n) is 0.308. The van der Waals surface area contributed by atoms with Gasteiger partial charge in [0.05, 0.1) is 6.42 Å². The van der Waals surface area contributed by atoms with E-state index in [0.717, 1.165) is 0 Å². The number of rotatable bonds is 3. The van der Waals surface area contributed by atoms with Crippen LogP contribution in [-0.4, -0.2) is 23.7 Å². The topological polar surface area (TPSA) is 89.3 Å². The van der Waals surface area contributed by atoms with E-state index in [-0.39, 0.29) is 25.4 Å². The number of aliphatic carboxylic acids is 1. The van der Waals surface area contributed by atoms with Crippen LogP contribution in [0.1, 0.15) is 6.42 Å². The second-order valence-corrected chi connectivity index (χ2v) is 1.59. The smallest absolute Gasteiger partial charge is 0.304 e. The zero-order valence-electron chi connectivity index (χ0n) is 4.91. The molecule has 0 amide bonds. The van der Waals surface area contributed by atoms with Gasteiger partial charge in [0.15, 0.2) is 0 Å². The van der Waals surface area contributed by atoms with E-state index >= 15 is 0 Å². The molecule has 0 heterocycles. The lowest BCUT2D eigenvalue weighted by Gasteiger charge is -2.01. The first kappa shape index (κ1) is 11.5. The number of hydrogen-bond acceptors (Lipinski definition) is 3. The van der Waals surface area contributed by atoms with E-state index in [1.54, 1.807) is 0 Å². The molecule has 0 aliphatic heterocycles. The third-order valence-corrected chi connectivity index (χ3v) is 0.740. The van der Waals surface area contributed by atoms with Crippen LogP contribution in [0.5, 0.6) is 0 Å². The van der Waals surface area contributed by atoms with Crippen LogP contribution in [0, 0.1) is 0 Å². The van der Waals surface area contributed by atoms with Crippen molar-refractivity contribution >= 4 is 18.4 Å². The van der Waals surface area contributed by atoms with Gasteiger partial charge in [-0.3, -0.25) is 4.79 Å². The highest BCUT2D eigenvalue weighted by Gasteiger charge is 2.03. The quantitative estimate of drug-likeness (QED) is 0.495. The van der Waals surface area contributed by atoms with Crippen LogP contribution in [0.4, 0.5) is 0 Å². The third-order valence-electron chi connectivity index (χ3n) is 0.740.